The summed E-state index contributed by atoms with van der Waals surface area (Å²) < 4.78 is 25.0. The van der Waals surface area contributed by atoms with Crippen molar-refractivity contribution in [3.05, 3.63) is 0 Å². The van der Waals surface area contributed by atoms with Crippen LogP contribution in [0.15, 0.2) is 0 Å². The molecule has 3 nitrogen and oxygen atoms in total. The summed E-state index contributed by atoms with van der Waals surface area (Å²) in [6.45, 7) is 3.51. The topological polar surface area (TPSA) is 37.1 Å². The van der Waals surface area contributed by atoms with E-state index in [2.05, 4.69) is 0 Å². The van der Waals surface area contributed by atoms with Gasteiger partial charge in [-0.3, -0.25) is 0 Å². The summed E-state index contributed by atoms with van der Waals surface area (Å²) in [5.74, 6) is 0. The third-order valence-electron chi connectivity index (χ3n) is 2.90. The van der Waals surface area contributed by atoms with Gasteiger partial charge in [0.1, 0.15) is 0 Å². The maximum atomic E-state index is 11.6. The monoisotopic (exact) mass is 189 g/mol. The highest BCUT2D eigenvalue weighted by Gasteiger charge is 2.57. The van der Waals surface area contributed by atoms with Crippen LogP contribution in [0.5, 0.6) is 0 Å². The Morgan fingerprint density at radius 1 is 1.25 bits per heavy atom. The van der Waals surface area contributed by atoms with Gasteiger partial charge in [0.05, 0.1) is 5.25 Å². The first kappa shape index (κ1) is 8.51. The zero-order valence-corrected chi connectivity index (χ0v) is 8.34. The van der Waals surface area contributed by atoms with Gasteiger partial charge >= 0.3 is 0 Å². The molecule has 70 valence electrons. The van der Waals surface area contributed by atoms with Crippen molar-refractivity contribution in [3.8, 4) is 0 Å². The van der Waals surface area contributed by atoms with Crippen molar-refractivity contribution < 1.29 is 8.42 Å². The molecule has 2 aliphatic rings. The Balaban J connectivity index is 2.14. The molecule has 1 aliphatic carbocycles. The molecule has 1 saturated carbocycles. The van der Waals surface area contributed by atoms with Crippen molar-refractivity contribution in [2.24, 2.45) is 0 Å². The molecule has 2 rings (SSSR count). The van der Waals surface area contributed by atoms with Crippen molar-refractivity contribution in [2.75, 3.05) is 0 Å². The van der Waals surface area contributed by atoms with Crippen LogP contribution in [0.2, 0.25) is 0 Å². The molecule has 0 aromatic rings. The number of sulfonamides is 1. The fraction of sp³-hybridized carbons (Fsp3) is 1.00. The molecule has 1 heterocycles. The highest BCUT2D eigenvalue weighted by molar-refractivity contribution is 7.90. The minimum atomic E-state index is -2.93. The summed E-state index contributed by atoms with van der Waals surface area (Å²) >= 11 is 0. The van der Waals surface area contributed by atoms with Crippen LogP contribution in [0.1, 0.15) is 33.1 Å². The van der Waals surface area contributed by atoms with E-state index in [4.69, 9.17) is 0 Å². The van der Waals surface area contributed by atoms with Crippen LogP contribution >= 0.6 is 0 Å². The lowest BCUT2D eigenvalue weighted by Gasteiger charge is -2.11. The summed E-state index contributed by atoms with van der Waals surface area (Å²) in [4.78, 5) is 0. The van der Waals surface area contributed by atoms with E-state index in [1.807, 2.05) is 0 Å². The summed E-state index contributed by atoms with van der Waals surface area (Å²) in [5, 5.41) is -0.247. The zero-order valence-electron chi connectivity index (χ0n) is 7.53. The predicted octanol–water partition coefficient (Wildman–Crippen LogP) is 0.961. The van der Waals surface area contributed by atoms with Gasteiger partial charge in [-0.25, -0.2) is 8.42 Å². The molecule has 0 aromatic carbocycles. The molecule has 12 heavy (non-hydrogen) atoms. The quantitative estimate of drug-likeness (QED) is 0.607. The van der Waals surface area contributed by atoms with Gasteiger partial charge in [0.2, 0.25) is 10.0 Å². The van der Waals surface area contributed by atoms with E-state index in [0.717, 1.165) is 12.8 Å². The Kier molecular flexibility index (Phi) is 1.74. The minimum absolute atomic E-state index is 0.247. The van der Waals surface area contributed by atoms with Crippen molar-refractivity contribution in [2.45, 2.75) is 50.4 Å². The molecule has 2 atom stereocenters. The zero-order chi connectivity index (χ0) is 8.93. The first-order valence-electron chi connectivity index (χ1n) is 4.57. The van der Waals surface area contributed by atoms with Gasteiger partial charge in [0.25, 0.3) is 0 Å². The first-order chi connectivity index (χ1) is 5.55. The standard InChI is InChI=1S/C8H15NO2S/c1-6(2)12(10,11)9-7-4-3-5-8(7)9/h6-8H,3-5H2,1-2H3. The van der Waals surface area contributed by atoms with Crippen molar-refractivity contribution in [3.63, 3.8) is 0 Å². The van der Waals surface area contributed by atoms with E-state index < -0.39 is 10.0 Å². The second-order valence-corrected chi connectivity index (χ2v) is 6.38. The van der Waals surface area contributed by atoms with E-state index in [0.29, 0.717) is 12.1 Å². The second kappa shape index (κ2) is 2.45. The van der Waals surface area contributed by atoms with Crippen molar-refractivity contribution in [1.29, 1.82) is 0 Å². The smallest absolute Gasteiger partial charge is 0.212 e. The van der Waals surface area contributed by atoms with E-state index in [-0.39, 0.29) is 5.25 Å². The maximum absolute atomic E-state index is 11.6. The number of hydrogen-bond acceptors (Lipinski definition) is 2. The normalized spacial score (nSPS) is 40.1. The molecule has 1 aliphatic heterocycles. The number of piperidine rings is 1. The molecule has 0 aromatic heterocycles. The van der Waals surface area contributed by atoms with Gasteiger partial charge in [-0.1, -0.05) is 6.42 Å². The highest BCUT2D eigenvalue weighted by atomic mass is 32.2. The minimum Gasteiger partial charge on any atom is -0.212 e. The number of hydrogen-bond donors (Lipinski definition) is 0. The molecule has 0 N–H and O–H groups in total. The fourth-order valence-corrected chi connectivity index (χ4v) is 3.78. The Hall–Kier alpha value is -0.0900. The number of fused-ring (bicyclic) bond motifs is 1. The van der Waals surface area contributed by atoms with E-state index in [1.54, 1.807) is 18.2 Å². The lowest BCUT2D eigenvalue weighted by molar-refractivity contribution is 0.509. The molecule has 0 radical (unpaired) electrons. The van der Waals surface area contributed by atoms with E-state index in [9.17, 15) is 8.42 Å². The first-order valence-corrected chi connectivity index (χ1v) is 6.08. The molecule has 1 saturated heterocycles. The van der Waals surface area contributed by atoms with Crippen LogP contribution in [-0.4, -0.2) is 30.1 Å². The average molecular weight is 189 g/mol. The third-order valence-corrected chi connectivity index (χ3v) is 5.22. The summed E-state index contributed by atoms with van der Waals surface area (Å²) in [7, 11) is -2.93. The summed E-state index contributed by atoms with van der Waals surface area (Å²) in [5.41, 5.74) is 0. The van der Waals surface area contributed by atoms with Gasteiger partial charge in [-0.2, -0.15) is 4.31 Å². The summed E-state index contributed by atoms with van der Waals surface area (Å²) in [6, 6.07) is 0.745. The van der Waals surface area contributed by atoms with Crippen molar-refractivity contribution >= 4 is 10.0 Å². The van der Waals surface area contributed by atoms with Gasteiger partial charge in [-0.05, 0) is 26.7 Å². The molecule has 0 spiro atoms. The number of rotatable bonds is 2. The van der Waals surface area contributed by atoms with Crippen molar-refractivity contribution in [1.82, 2.24) is 4.31 Å². The fourth-order valence-electron chi connectivity index (χ4n) is 2.11. The SMILES string of the molecule is CC(C)S(=O)(=O)N1C2CCCC21. The lowest BCUT2D eigenvalue weighted by atomic mass is 10.3. The molecular weight excluding hydrogens is 174 g/mol. The molecule has 0 bridgehead atoms. The largest absolute Gasteiger partial charge is 0.217 e. The van der Waals surface area contributed by atoms with Crippen LogP contribution in [-0.2, 0) is 10.0 Å². The van der Waals surface area contributed by atoms with E-state index >= 15 is 0 Å². The number of nitrogens with zero attached hydrogens (tertiary/aromatic N) is 1. The lowest BCUT2D eigenvalue weighted by Crippen LogP contribution is -2.25. The molecule has 0 amide bonds. The van der Waals surface area contributed by atoms with Gasteiger partial charge in [0, 0.05) is 12.1 Å². The van der Waals surface area contributed by atoms with Gasteiger partial charge < -0.3 is 0 Å². The molecule has 2 fully saturated rings. The van der Waals surface area contributed by atoms with Crippen LogP contribution in [0.4, 0.5) is 0 Å². The Morgan fingerprint density at radius 3 is 2.17 bits per heavy atom. The highest BCUT2D eigenvalue weighted by Crippen LogP contribution is 2.45. The Labute approximate surface area is 73.8 Å². The Bertz CT molecular complexity index is 273. The van der Waals surface area contributed by atoms with Crippen LogP contribution in [0, 0.1) is 0 Å². The van der Waals surface area contributed by atoms with Crippen LogP contribution in [0.3, 0.4) is 0 Å². The van der Waals surface area contributed by atoms with Gasteiger partial charge in [0.15, 0.2) is 0 Å². The van der Waals surface area contributed by atoms with Crippen LogP contribution in [0.25, 0.3) is 0 Å². The van der Waals surface area contributed by atoms with Crippen LogP contribution < -0.4 is 0 Å². The molecule has 2 unspecified atom stereocenters. The maximum Gasteiger partial charge on any atom is 0.217 e. The molecular formula is C8H15NO2S. The molecule has 4 heteroatoms. The Morgan fingerprint density at radius 2 is 1.75 bits per heavy atom. The predicted molar refractivity (Wildman–Crippen MR) is 47.3 cm³/mol. The third kappa shape index (κ3) is 1.01. The average Bonchev–Trinajstić information content (AvgIpc) is 2.48. The van der Waals surface area contributed by atoms with E-state index in [1.165, 1.54) is 6.42 Å². The van der Waals surface area contributed by atoms with Gasteiger partial charge in [-0.15, -0.1) is 0 Å². The summed E-state index contributed by atoms with van der Waals surface area (Å²) in [6.07, 6.45) is 3.37. The second-order valence-electron chi connectivity index (χ2n) is 3.99.